The number of aliphatic hydroxyl groups is 1. The second kappa shape index (κ2) is 5.82. The molecule has 0 spiro atoms. The SMILES string of the molecule is CN(CCO)C(=O)Cc1ccc(Cl)cc1F. The molecule has 1 amide bonds. The molecular formula is C11H13ClFNO2. The molecular weight excluding hydrogens is 233 g/mol. The molecule has 0 unspecified atom stereocenters. The molecule has 0 aliphatic heterocycles. The van der Waals surface area contributed by atoms with Crippen LogP contribution in [-0.4, -0.2) is 36.1 Å². The number of likely N-dealkylation sites (N-methyl/N-ethyl adjacent to an activating group) is 1. The molecule has 5 heteroatoms. The highest BCUT2D eigenvalue weighted by atomic mass is 35.5. The van der Waals surface area contributed by atoms with Crippen molar-refractivity contribution in [2.75, 3.05) is 20.2 Å². The van der Waals surface area contributed by atoms with Gasteiger partial charge in [-0.25, -0.2) is 4.39 Å². The summed E-state index contributed by atoms with van der Waals surface area (Å²) in [4.78, 5) is 12.9. The molecule has 0 aromatic heterocycles. The van der Waals surface area contributed by atoms with E-state index in [0.717, 1.165) is 0 Å². The Morgan fingerprint density at radius 1 is 1.56 bits per heavy atom. The number of amides is 1. The molecule has 1 rings (SSSR count). The number of carbonyl (C=O) groups is 1. The fourth-order valence-electron chi connectivity index (χ4n) is 1.24. The Morgan fingerprint density at radius 2 is 2.25 bits per heavy atom. The Hall–Kier alpha value is -1.13. The van der Waals surface area contributed by atoms with Crippen molar-refractivity contribution >= 4 is 17.5 Å². The first-order valence-corrected chi connectivity index (χ1v) is 5.21. The lowest BCUT2D eigenvalue weighted by molar-refractivity contribution is -0.129. The molecule has 1 N–H and O–H groups in total. The summed E-state index contributed by atoms with van der Waals surface area (Å²) in [6, 6.07) is 4.21. The molecule has 88 valence electrons. The molecule has 0 aliphatic carbocycles. The zero-order valence-corrected chi connectivity index (χ0v) is 9.67. The lowest BCUT2D eigenvalue weighted by atomic mass is 10.1. The average molecular weight is 246 g/mol. The number of nitrogens with zero attached hydrogens (tertiary/aromatic N) is 1. The van der Waals surface area contributed by atoms with Crippen LogP contribution in [0.4, 0.5) is 4.39 Å². The third kappa shape index (κ3) is 3.47. The number of benzene rings is 1. The molecule has 0 aliphatic rings. The van der Waals surface area contributed by atoms with Gasteiger partial charge in [0.1, 0.15) is 5.82 Å². The first-order valence-electron chi connectivity index (χ1n) is 4.83. The highest BCUT2D eigenvalue weighted by molar-refractivity contribution is 6.30. The van der Waals surface area contributed by atoms with Gasteiger partial charge in [-0.15, -0.1) is 0 Å². The van der Waals surface area contributed by atoms with Crippen molar-refractivity contribution in [1.82, 2.24) is 4.90 Å². The smallest absolute Gasteiger partial charge is 0.226 e. The van der Waals surface area contributed by atoms with E-state index in [2.05, 4.69) is 0 Å². The van der Waals surface area contributed by atoms with Crippen LogP contribution in [0.25, 0.3) is 0 Å². The van der Waals surface area contributed by atoms with Gasteiger partial charge in [0.2, 0.25) is 5.91 Å². The van der Waals surface area contributed by atoms with Crippen LogP contribution in [0.5, 0.6) is 0 Å². The Balaban J connectivity index is 2.69. The predicted molar refractivity (Wildman–Crippen MR) is 59.8 cm³/mol. The molecule has 0 heterocycles. The first kappa shape index (κ1) is 12.9. The largest absolute Gasteiger partial charge is 0.395 e. The van der Waals surface area contributed by atoms with E-state index in [0.29, 0.717) is 10.6 Å². The van der Waals surface area contributed by atoms with Gasteiger partial charge in [-0.3, -0.25) is 4.79 Å². The lowest BCUT2D eigenvalue weighted by Gasteiger charge is -2.15. The third-order valence-electron chi connectivity index (χ3n) is 2.22. The number of halogens is 2. The van der Waals surface area contributed by atoms with E-state index in [1.807, 2.05) is 0 Å². The molecule has 0 radical (unpaired) electrons. The number of rotatable bonds is 4. The van der Waals surface area contributed by atoms with Crippen LogP contribution in [0, 0.1) is 5.82 Å². The number of hydrogen-bond acceptors (Lipinski definition) is 2. The molecule has 0 atom stereocenters. The van der Waals surface area contributed by atoms with Crippen LogP contribution in [0.15, 0.2) is 18.2 Å². The third-order valence-corrected chi connectivity index (χ3v) is 2.45. The second-order valence-corrected chi connectivity index (χ2v) is 3.89. The molecule has 1 aromatic carbocycles. The molecule has 0 fully saturated rings. The van der Waals surface area contributed by atoms with Crippen molar-refractivity contribution in [1.29, 1.82) is 0 Å². The van der Waals surface area contributed by atoms with Crippen molar-refractivity contribution in [2.24, 2.45) is 0 Å². The summed E-state index contributed by atoms with van der Waals surface area (Å²) in [6.45, 7) is 0.138. The standard InChI is InChI=1S/C11H13ClFNO2/c1-14(4-5-15)11(16)6-8-2-3-9(12)7-10(8)13/h2-3,7,15H,4-6H2,1H3. The summed E-state index contributed by atoms with van der Waals surface area (Å²) in [5.41, 5.74) is 0.305. The molecule has 3 nitrogen and oxygen atoms in total. The van der Waals surface area contributed by atoms with Crippen LogP contribution in [0.2, 0.25) is 5.02 Å². The maximum absolute atomic E-state index is 13.4. The lowest BCUT2D eigenvalue weighted by Crippen LogP contribution is -2.30. The van der Waals surface area contributed by atoms with E-state index in [1.54, 1.807) is 13.1 Å². The minimum atomic E-state index is -0.488. The van der Waals surface area contributed by atoms with Gasteiger partial charge in [0.05, 0.1) is 13.0 Å². The van der Waals surface area contributed by atoms with Crippen LogP contribution in [-0.2, 0) is 11.2 Å². The fraction of sp³-hybridized carbons (Fsp3) is 0.364. The van der Waals surface area contributed by atoms with Gasteiger partial charge in [-0.2, -0.15) is 0 Å². The zero-order valence-electron chi connectivity index (χ0n) is 8.91. The van der Waals surface area contributed by atoms with Crippen molar-refractivity contribution in [3.05, 3.63) is 34.6 Å². The second-order valence-electron chi connectivity index (χ2n) is 3.45. The van der Waals surface area contributed by atoms with Crippen LogP contribution in [0.1, 0.15) is 5.56 Å². The van der Waals surface area contributed by atoms with Gasteiger partial charge < -0.3 is 10.0 Å². The summed E-state index contributed by atoms with van der Waals surface area (Å²) in [5, 5.41) is 8.96. The zero-order chi connectivity index (χ0) is 12.1. The Morgan fingerprint density at radius 3 is 2.81 bits per heavy atom. The average Bonchev–Trinajstić information content (AvgIpc) is 2.22. The Labute approximate surface area is 98.4 Å². The number of aliphatic hydroxyl groups excluding tert-OH is 1. The van der Waals surface area contributed by atoms with Crippen LogP contribution < -0.4 is 0 Å². The molecule has 0 saturated carbocycles. The Kier molecular flexibility index (Phi) is 4.71. The van der Waals surface area contributed by atoms with Gasteiger partial charge >= 0.3 is 0 Å². The van der Waals surface area contributed by atoms with E-state index in [-0.39, 0.29) is 25.5 Å². The van der Waals surface area contributed by atoms with Crippen molar-refractivity contribution in [2.45, 2.75) is 6.42 Å². The highest BCUT2D eigenvalue weighted by Gasteiger charge is 2.12. The van der Waals surface area contributed by atoms with Gasteiger partial charge in [0, 0.05) is 18.6 Å². The van der Waals surface area contributed by atoms with Crippen molar-refractivity contribution in [3.63, 3.8) is 0 Å². The van der Waals surface area contributed by atoms with Gasteiger partial charge in [0.25, 0.3) is 0 Å². The molecule has 0 saturated heterocycles. The summed E-state index contributed by atoms with van der Waals surface area (Å²) in [7, 11) is 1.56. The van der Waals surface area contributed by atoms with E-state index in [9.17, 15) is 9.18 Å². The summed E-state index contributed by atoms with van der Waals surface area (Å²) < 4.78 is 13.4. The van der Waals surface area contributed by atoms with E-state index in [1.165, 1.54) is 17.0 Å². The van der Waals surface area contributed by atoms with E-state index >= 15 is 0 Å². The minimum Gasteiger partial charge on any atom is -0.395 e. The summed E-state index contributed by atoms with van der Waals surface area (Å²) >= 11 is 5.60. The molecule has 1 aromatic rings. The quantitative estimate of drug-likeness (QED) is 0.873. The van der Waals surface area contributed by atoms with Crippen LogP contribution in [0.3, 0.4) is 0 Å². The Bertz CT molecular complexity index is 384. The molecule has 0 bridgehead atoms. The molecule has 16 heavy (non-hydrogen) atoms. The topological polar surface area (TPSA) is 40.5 Å². The fourth-order valence-corrected chi connectivity index (χ4v) is 1.40. The first-order chi connectivity index (χ1) is 7.54. The number of carbonyl (C=O) groups excluding carboxylic acids is 1. The normalized spacial score (nSPS) is 10.2. The summed E-state index contributed by atoms with van der Waals surface area (Å²) in [6.07, 6.45) is -0.0283. The van der Waals surface area contributed by atoms with Crippen molar-refractivity contribution < 1.29 is 14.3 Å². The monoisotopic (exact) mass is 245 g/mol. The van der Waals surface area contributed by atoms with Crippen LogP contribution >= 0.6 is 11.6 Å². The number of hydrogen-bond donors (Lipinski definition) is 1. The van der Waals surface area contributed by atoms with Crippen molar-refractivity contribution in [3.8, 4) is 0 Å². The van der Waals surface area contributed by atoms with Gasteiger partial charge in [-0.1, -0.05) is 17.7 Å². The predicted octanol–water partition coefficient (Wildman–Crippen LogP) is 1.47. The maximum atomic E-state index is 13.4. The summed E-state index contributed by atoms with van der Waals surface area (Å²) in [5.74, 6) is -0.728. The minimum absolute atomic E-state index is 0.0283. The maximum Gasteiger partial charge on any atom is 0.226 e. The van der Waals surface area contributed by atoms with E-state index < -0.39 is 5.82 Å². The highest BCUT2D eigenvalue weighted by Crippen LogP contribution is 2.15. The van der Waals surface area contributed by atoms with E-state index in [4.69, 9.17) is 16.7 Å². The van der Waals surface area contributed by atoms with Gasteiger partial charge in [0.15, 0.2) is 0 Å². The van der Waals surface area contributed by atoms with Gasteiger partial charge in [-0.05, 0) is 17.7 Å².